The highest BCUT2D eigenvalue weighted by Gasteiger charge is 2.30. The standard InChI is InChI=1S/C18H17ClN4O4.C17H14Cl2N4O3.C17H15Cl2N3O.C16H14Cl2N4O/c1-26-13-3-2-4-14-15(13)17(21-27-14)23-7-5-22(6-8-23)16-12(19)9-11(10-20-16)18(24)25;18-11-2-1-3-13-14(11)16(21-26-13)23-6-4-22(5-7-23)15-12(19)8-10(9-20-15)17(24)25;18-12-4-1-2-6-14(12)21-8-10-22(11-9-21)17-16-13(19)5-3-7-15(16)23-20-17;17-11-3-1-5-13-14(11)16(20-23-13)22-9-7-21(8-10-22)15-12(18)4-2-6-19-15/h2-4,9-10H,5-8H2,1H3,(H,24,25);1-3,8-9H,4-7H2,(H,24,25);1-7H,8-11H2;1-6H,7-10H2. The molecule has 0 atom stereocenters. The predicted octanol–water partition coefficient (Wildman–Crippen LogP) is 14.8. The van der Waals surface area contributed by atoms with Gasteiger partial charge in [-0.15, -0.1) is 0 Å². The molecule has 510 valence electrons. The van der Waals surface area contributed by atoms with Crippen molar-refractivity contribution in [2.24, 2.45) is 0 Å². The van der Waals surface area contributed by atoms with Gasteiger partial charge in [0.25, 0.3) is 0 Å². The molecule has 0 aliphatic carbocycles. The van der Waals surface area contributed by atoms with E-state index in [-0.39, 0.29) is 11.1 Å². The molecule has 99 heavy (non-hydrogen) atoms. The molecular formula is C68H60Cl7N15O9. The zero-order valence-corrected chi connectivity index (χ0v) is 58.0. The number of aromatic nitrogens is 7. The van der Waals surface area contributed by atoms with Gasteiger partial charge in [0.05, 0.1) is 75.2 Å². The molecule has 11 heterocycles. The van der Waals surface area contributed by atoms with Gasteiger partial charge in [0, 0.05) is 123 Å². The second kappa shape index (κ2) is 30.4. The van der Waals surface area contributed by atoms with Crippen LogP contribution in [-0.2, 0) is 0 Å². The van der Waals surface area contributed by atoms with Crippen molar-refractivity contribution in [2.45, 2.75) is 0 Å². The molecule has 24 nitrogen and oxygen atoms in total. The van der Waals surface area contributed by atoms with E-state index in [0.29, 0.717) is 111 Å². The minimum atomic E-state index is -1.05. The van der Waals surface area contributed by atoms with E-state index in [4.69, 9.17) is 114 Å². The summed E-state index contributed by atoms with van der Waals surface area (Å²) in [6.45, 7) is 12.1. The highest BCUT2D eigenvalue weighted by atomic mass is 35.5. The Hall–Kier alpha value is -9.40. The van der Waals surface area contributed by atoms with Gasteiger partial charge in [-0.05, 0) is 84.9 Å². The van der Waals surface area contributed by atoms with Crippen molar-refractivity contribution in [2.75, 3.05) is 151 Å². The van der Waals surface area contributed by atoms with Crippen molar-refractivity contribution in [1.82, 2.24) is 35.6 Å². The highest BCUT2D eigenvalue weighted by molar-refractivity contribution is 6.38. The number of carboxylic acid groups (broad SMARTS) is 2. The molecule has 4 fully saturated rings. The summed E-state index contributed by atoms with van der Waals surface area (Å²) in [5.74, 6) is 3.73. The topological polar surface area (TPSA) is 253 Å². The van der Waals surface area contributed by atoms with Crippen LogP contribution in [-0.4, -0.2) is 170 Å². The highest BCUT2D eigenvalue weighted by Crippen LogP contribution is 2.39. The number of pyridine rings is 3. The van der Waals surface area contributed by atoms with Crippen molar-refractivity contribution in [3.05, 3.63) is 186 Å². The fraction of sp³-hybridized carbons (Fsp3) is 0.250. The van der Waals surface area contributed by atoms with Crippen molar-refractivity contribution in [3.8, 4) is 5.75 Å². The summed E-state index contributed by atoms with van der Waals surface area (Å²) in [4.78, 5) is 52.0. The quantitative estimate of drug-likeness (QED) is 0.122. The molecule has 7 aromatic heterocycles. The summed E-state index contributed by atoms with van der Waals surface area (Å²) >= 11 is 43.9. The lowest BCUT2D eigenvalue weighted by atomic mass is 10.2. The zero-order chi connectivity index (χ0) is 68.8. The van der Waals surface area contributed by atoms with Crippen LogP contribution >= 0.6 is 81.2 Å². The third-order valence-electron chi connectivity index (χ3n) is 17.2. The molecule has 0 bridgehead atoms. The number of benzene rings is 5. The summed E-state index contributed by atoms with van der Waals surface area (Å²) < 4.78 is 27.0. The van der Waals surface area contributed by atoms with E-state index in [1.807, 2.05) is 113 Å². The van der Waals surface area contributed by atoms with E-state index in [1.54, 1.807) is 13.3 Å². The van der Waals surface area contributed by atoms with Crippen LogP contribution in [0.15, 0.2) is 158 Å². The van der Waals surface area contributed by atoms with Crippen LogP contribution < -0.4 is 43.9 Å². The first-order valence-electron chi connectivity index (χ1n) is 31.3. The second-order valence-corrected chi connectivity index (χ2v) is 25.9. The smallest absolute Gasteiger partial charge is 0.337 e. The van der Waals surface area contributed by atoms with Gasteiger partial charge in [0.15, 0.2) is 45.6 Å². The zero-order valence-electron chi connectivity index (χ0n) is 52.7. The number of nitrogens with zero attached hydrogens (tertiary/aromatic N) is 15. The van der Waals surface area contributed by atoms with Crippen LogP contribution in [0, 0.1) is 0 Å². The van der Waals surface area contributed by atoms with Crippen molar-refractivity contribution in [1.29, 1.82) is 0 Å². The summed E-state index contributed by atoms with van der Waals surface area (Å²) in [5, 5.41) is 42.3. The number of carboxylic acids is 2. The molecule has 4 saturated heterocycles. The van der Waals surface area contributed by atoms with Crippen LogP contribution in [0.2, 0.25) is 35.2 Å². The number of rotatable bonds is 11. The summed E-state index contributed by atoms with van der Waals surface area (Å²) in [5.41, 5.74) is 4.00. The van der Waals surface area contributed by atoms with Crippen LogP contribution in [0.4, 0.5) is 46.4 Å². The first kappa shape index (κ1) is 68.1. The Morgan fingerprint density at radius 1 is 0.354 bits per heavy atom. The average Bonchev–Trinajstić information content (AvgIpc) is 1.71. The minimum absolute atomic E-state index is 0.0705. The van der Waals surface area contributed by atoms with Gasteiger partial charge in [-0.1, -0.05) is 138 Å². The molecule has 0 unspecified atom stereocenters. The van der Waals surface area contributed by atoms with Gasteiger partial charge in [0.1, 0.15) is 28.6 Å². The Morgan fingerprint density at radius 3 is 1.02 bits per heavy atom. The third kappa shape index (κ3) is 14.7. The number of piperazine rings is 4. The molecule has 31 heteroatoms. The fourth-order valence-corrected chi connectivity index (χ4v) is 14.0. The normalized spacial score (nSPS) is 15.0. The molecule has 0 saturated carbocycles. The lowest BCUT2D eigenvalue weighted by molar-refractivity contribution is 0.0685. The number of ether oxygens (including phenoxy) is 1. The van der Waals surface area contributed by atoms with Crippen molar-refractivity contribution in [3.63, 3.8) is 0 Å². The van der Waals surface area contributed by atoms with Gasteiger partial charge in [0.2, 0.25) is 0 Å². The Balaban J connectivity index is 0.000000119. The van der Waals surface area contributed by atoms with Gasteiger partial charge >= 0.3 is 11.9 Å². The van der Waals surface area contributed by atoms with Gasteiger partial charge in [-0.2, -0.15) is 0 Å². The van der Waals surface area contributed by atoms with Crippen LogP contribution in [0.3, 0.4) is 0 Å². The largest absolute Gasteiger partial charge is 0.496 e. The van der Waals surface area contributed by atoms with E-state index >= 15 is 0 Å². The van der Waals surface area contributed by atoms with E-state index < -0.39 is 11.9 Å². The monoisotopic (exact) mass is 1480 g/mol. The number of fused-ring (bicyclic) bond motifs is 4. The number of hydrogen-bond acceptors (Lipinski definition) is 22. The van der Waals surface area contributed by atoms with E-state index in [1.165, 1.54) is 24.5 Å². The predicted molar refractivity (Wildman–Crippen MR) is 388 cm³/mol. The molecule has 0 radical (unpaired) electrons. The van der Waals surface area contributed by atoms with Gasteiger partial charge < -0.3 is 72.2 Å². The SMILES string of the molecule is COc1cccc2onc(N3CCN(c4ncc(C(=O)O)cc4Cl)CC3)c12.Clc1ccccc1N1CCN(c2noc3cccc(Cl)c23)CC1.Clc1cccnc1N1CCN(c2noc3cccc(Cl)c23)CC1.O=C(O)c1cnc(N2CCN(c3noc4cccc(Cl)c34)CC2)c(Cl)c1. The number of para-hydroxylation sites is 1. The third-order valence-corrected chi connectivity index (χ3v) is 19.4. The Morgan fingerprint density at radius 2 is 0.667 bits per heavy atom. The minimum Gasteiger partial charge on any atom is -0.496 e. The van der Waals surface area contributed by atoms with Crippen LogP contribution in [0.25, 0.3) is 43.9 Å². The van der Waals surface area contributed by atoms with Crippen LogP contribution in [0.1, 0.15) is 20.7 Å². The van der Waals surface area contributed by atoms with Gasteiger partial charge in [-0.25, -0.2) is 24.5 Å². The average molecular weight is 1480 g/mol. The molecule has 16 rings (SSSR count). The first-order valence-corrected chi connectivity index (χ1v) is 33.9. The molecule has 5 aromatic carbocycles. The molecular weight excluding hydrogens is 1420 g/mol. The summed E-state index contributed by atoms with van der Waals surface area (Å²) in [6.07, 6.45) is 4.41. The summed E-state index contributed by atoms with van der Waals surface area (Å²) in [7, 11) is 1.62. The maximum absolute atomic E-state index is 11.0. The summed E-state index contributed by atoms with van der Waals surface area (Å²) in [6, 6.07) is 36.8. The van der Waals surface area contributed by atoms with Crippen molar-refractivity contribution < 1.29 is 42.6 Å². The van der Waals surface area contributed by atoms with E-state index in [0.717, 1.165) is 125 Å². The Kier molecular flexibility index (Phi) is 20.9. The molecule has 4 aliphatic heterocycles. The van der Waals surface area contributed by atoms with Gasteiger partial charge in [-0.3, -0.25) is 0 Å². The van der Waals surface area contributed by atoms with E-state index in [2.05, 4.69) is 71.0 Å². The number of anilines is 8. The number of aromatic carboxylic acids is 2. The lowest BCUT2D eigenvalue weighted by Gasteiger charge is -2.36. The first-order chi connectivity index (χ1) is 48.1. The number of hydrogen-bond donors (Lipinski definition) is 2. The Labute approximate surface area is 600 Å². The maximum atomic E-state index is 11.0. The molecule has 4 aliphatic rings. The Bertz CT molecular complexity index is 4730. The lowest BCUT2D eigenvalue weighted by Crippen LogP contribution is -2.47. The maximum Gasteiger partial charge on any atom is 0.337 e. The van der Waals surface area contributed by atoms with Crippen LogP contribution in [0.5, 0.6) is 5.75 Å². The number of methoxy groups -OCH3 is 1. The molecule has 0 spiro atoms. The van der Waals surface area contributed by atoms with Crippen molar-refractivity contribution >= 4 is 183 Å². The number of carbonyl (C=O) groups is 2. The molecule has 12 aromatic rings. The molecule has 2 N–H and O–H groups in total. The van der Waals surface area contributed by atoms with E-state index in [9.17, 15) is 9.59 Å². The molecule has 0 amide bonds. The fourth-order valence-electron chi connectivity index (χ4n) is 12.2. The second-order valence-electron chi connectivity index (χ2n) is 23.0. The number of halogens is 7.